The number of hydrogen-bond donors (Lipinski definition) is 2. The minimum absolute atomic E-state index is 0.0482. The molecule has 0 amide bonds. The quantitative estimate of drug-likeness (QED) is 0.885. The van der Waals surface area contributed by atoms with E-state index in [2.05, 4.69) is 34.5 Å². The minimum atomic E-state index is -0.765. The first kappa shape index (κ1) is 16.8. The van der Waals surface area contributed by atoms with Gasteiger partial charge in [0, 0.05) is 11.3 Å². The summed E-state index contributed by atoms with van der Waals surface area (Å²) in [7, 11) is 0. The molecule has 2 heterocycles. The Labute approximate surface area is 142 Å². The second-order valence-electron chi connectivity index (χ2n) is 7.07. The van der Waals surface area contributed by atoms with Crippen LogP contribution in [0.2, 0.25) is 0 Å². The molecule has 0 spiro atoms. The summed E-state index contributed by atoms with van der Waals surface area (Å²) >= 11 is 1.72. The summed E-state index contributed by atoms with van der Waals surface area (Å²) in [6.07, 6.45) is 3.91. The molecule has 2 atom stereocenters. The Kier molecular flexibility index (Phi) is 4.99. The lowest BCUT2D eigenvalue weighted by molar-refractivity contribution is -0.139. The second-order valence-corrected chi connectivity index (χ2v) is 8.83. The molecule has 0 bridgehead atoms. The molecule has 0 saturated carbocycles. The fourth-order valence-electron chi connectivity index (χ4n) is 3.57. The number of piperidine rings is 1. The highest BCUT2D eigenvalue weighted by Crippen LogP contribution is 2.46. The first-order chi connectivity index (χ1) is 11.0. The van der Waals surface area contributed by atoms with E-state index < -0.39 is 12.0 Å². The third-order valence-corrected chi connectivity index (χ3v) is 6.33. The van der Waals surface area contributed by atoms with Crippen LogP contribution >= 0.6 is 11.8 Å². The maximum Gasteiger partial charge on any atom is 0.322 e. The molecular formula is C18H26N2O2S. The van der Waals surface area contributed by atoms with Gasteiger partial charge in [0.15, 0.2) is 0 Å². The number of carboxylic acids is 1. The van der Waals surface area contributed by atoms with Gasteiger partial charge in [-0.2, -0.15) is 0 Å². The van der Waals surface area contributed by atoms with Crippen molar-refractivity contribution in [2.24, 2.45) is 0 Å². The third kappa shape index (κ3) is 3.73. The molecule has 2 aliphatic heterocycles. The van der Waals surface area contributed by atoms with Crippen LogP contribution in [0.3, 0.4) is 0 Å². The largest absolute Gasteiger partial charge is 0.480 e. The SMILES string of the molecule is CC1(C)SC(c2ccccc2CN2CCCCC2)NC1C(=O)O. The molecule has 0 aliphatic carbocycles. The smallest absolute Gasteiger partial charge is 0.322 e. The lowest BCUT2D eigenvalue weighted by atomic mass is 10.0. The maximum atomic E-state index is 11.5. The highest BCUT2D eigenvalue weighted by Gasteiger charge is 2.45. The summed E-state index contributed by atoms with van der Waals surface area (Å²) < 4.78 is -0.311. The molecule has 23 heavy (non-hydrogen) atoms. The summed E-state index contributed by atoms with van der Waals surface area (Å²) in [5.41, 5.74) is 2.56. The van der Waals surface area contributed by atoms with Crippen molar-refractivity contribution >= 4 is 17.7 Å². The number of carbonyl (C=O) groups is 1. The lowest BCUT2D eigenvalue weighted by Gasteiger charge is -2.28. The number of hydrogen-bond acceptors (Lipinski definition) is 4. The molecular weight excluding hydrogens is 308 g/mol. The number of nitrogens with zero attached hydrogens (tertiary/aromatic N) is 1. The van der Waals surface area contributed by atoms with Gasteiger partial charge in [0.05, 0.1) is 5.37 Å². The molecule has 1 aromatic carbocycles. The van der Waals surface area contributed by atoms with E-state index >= 15 is 0 Å². The van der Waals surface area contributed by atoms with Crippen LogP contribution in [0.4, 0.5) is 0 Å². The van der Waals surface area contributed by atoms with Crippen molar-refractivity contribution in [2.75, 3.05) is 13.1 Å². The van der Waals surface area contributed by atoms with E-state index in [1.54, 1.807) is 11.8 Å². The summed E-state index contributed by atoms with van der Waals surface area (Å²) in [4.78, 5) is 14.0. The van der Waals surface area contributed by atoms with Gasteiger partial charge >= 0.3 is 5.97 Å². The van der Waals surface area contributed by atoms with E-state index in [1.807, 2.05) is 13.8 Å². The Balaban J connectivity index is 1.79. The molecule has 126 valence electrons. The fraction of sp³-hybridized carbons (Fsp3) is 0.611. The van der Waals surface area contributed by atoms with Gasteiger partial charge in [-0.15, -0.1) is 11.8 Å². The van der Waals surface area contributed by atoms with Crippen LogP contribution in [0.15, 0.2) is 24.3 Å². The molecule has 5 heteroatoms. The van der Waals surface area contributed by atoms with Crippen molar-refractivity contribution in [3.63, 3.8) is 0 Å². The fourth-order valence-corrected chi connectivity index (χ4v) is 5.05. The van der Waals surface area contributed by atoms with E-state index in [1.165, 1.54) is 43.5 Å². The summed E-state index contributed by atoms with van der Waals surface area (Å²) in [5.74, 6) is -0.765. The molecule has 4 nitrogen and oxygen atoms in total. The molecule has 0 radical (unpaired) electrons. The van der Waals surface area contributed by atoms with Gasteiger partial charge in [-0.25, -0.2) is 0 Å². The van der Waals surface area contributed by atoms with Crippen LogP contribution in [0.1, 0.15) is 49.6 Å². The third-order valence-electron chi connectivity index (χ3n) is 4.86. The van der Waals surface area contributed by atoms with Crippen molar-refractivity contribution < 1.29 is 9.90 Å². The predicted octanol–water partition coefficient (Wildman–Crippen LogP) is 3.24. The van der Waals surface area contributed by atoms with Crippen LogP contribution < -0.4 is 5.32 Å². The molecule has 0 aromatic heterocycles. The first-order valence-electron chi connectivity index (χ1n) is 8.44. The molecule has 2 aliphatic rings. The van der Waals surface area contributed by atoms with Crippen LogP contribution in [-0.4, -0.2) is 39.9 Å². The Bertz CT molecular complexity index is 570. The van der Waals surface area contributed by atoms with Crippen molar-refractivity contribution in [2.45, 2.75) is 55.8 Å². The van der Waals surface area contributed by atoms with E-state index in [9.17, 15) is 9.90 Å². The molecule has 2 N–H and O–H groups in total. The highest BCUT2D eigenvalue weighted by atomic mass is 32.2. The van der Waals surface area contributed by atoms with Gasteiger partial charge in [0.1, 0.15) is 6.04 Å². The zero-order valence-electron chi connectivity index (χ0n) is 13.9. The zero-order chi connectivity index (χ0) is 16.4. The normalized spacial score (nSPS) is 27.9. The van der Waals surface area contributed by atoms with Crippen LogP contribution in [0.25, 0.3) is 0 Å². The number of carboxylic acid groups (broad SMARTS) is 1. The van der Waals surface area contributed by atoms with Crippen LogP contribution in [0, 0.1) is 0 Å². The molecule has 2 unspecified atom stereocenters. The summed E-state index contributed by atoms with van der Waals surface area (Å²) in [6, 6.07) is 7.96. The summed E-state index contributed by atoms with van der Waals surface area (Å²) in [6.45, 7) is 7.33. The van der Waals surface area contributed by atoms with Crippen molar-refractivity contribution in [3.05, 3.63) is 35.4 Å². The number of thioether (sulfide) groups is 1. The van der Waals surface area contributed by atoms with Gasteiger partial charge in [-0.05, 0) is 50.9 Å². The van der Waals surface area contributed by atoms with Crippen molar-refractivity contribution in [3.8, 4) is 0 Å². The number of nitrogens with one attached hydrogen (secondary N) is 1. The topological polar surface area (TPSA) is 52.6 Å². The average molecular weight is 334 g/mol. The van der Waals surface area contributed by atoms with Gasteiger partial charge in [-0.3, -0.25) is 15.0 Å². The van der Waals surface area contributed by atoms with Crippen LogP contribution in [-0.2, 0) is 11.3 Å². The van der Waals surface area contributed by atoms with Crippen molar-refractivity contribution in [1.82, 2.24) is 10.2 Å². The molecule has 2 fully saturated rings. The monoisotopic (exact) mass is 334 g/mol. The highest BCUT2D eigenvalue weighted by molar-refractivity contribution is 8.01. The number of aliphatic carboxylic acids is 1. The Hall–Kier alpha value is -1.04. The Morgan fingerprint density at radius 3 is 2.65 bits per heavy atom. The van der Waals surface area contributed by atoms with Gasteiger partial charge in [-0.1, -0.05) is 30.7 Å². The zero-order valence-corrected chi connectivity index (χ0v) is 14.7. The van der Waals surface area contributed by atoms with Gasteiger partial charge in [0.25, 0.3) is 0 Å². The maximum absolute atomic E-state index is 11.5. The number of benzene rings is 1. The average Bonchev–Trinajstić information content (AvgIpc) is 2.84. The predicted molar refractivity (Wildman–Crippen MR) is 94.5 cm³/mol. The molecule has 2 saturated heterocycles. The first-order valence-corrected chi connectivity index (χ1v) is 9.32. The summed E-state index contributed by atoms with van der Waals surface area (Å²) in [5, 5.41) is 12.8. The Morgan fingerprint density at radius 2 is 2.00 bits per heavy atom. The van der Waals surface area contributed by atoms with Crippen molar-refractivity contribution in [1.29, 1.82) is 0 Å². The number of likely N-dealkylation sites (tertiary alicyclic amines) is 1. The van der Waals surface area contributed by atoms with Gasteiger partial charge < -0.3 is 5.11 Å². The van der Waals surface area contributed by atoms with Gasteiger partial charge in [0.2, 0.25) is 0 Å². The molecule has 1 aromatic rings. The standard InChI is InChI=1S/C18H26N2O2S/c1-18(2)15(17(21)22)19-16(23-18)14-9-5-4-8-13(14)12-20-10-6-3-7-11-20/h4-5,8-9,15-16,19H,3,6-7,10-12H2,1-2H3,(H,21,22). The lowest BCUT2D eigenvalue weighted by Crippen LogP contribution is -2.43. The second kappa shape index (κ2) is 6.83. The van der Waals surface area contributed by atoms with E-state index in [0.29, 0.717) is 0 Å². The van der Waals surface area contributed by atoms with E-state index in [0.717, 1.165) is 6.54 Å². The van der Waals surface area contributed by atoms with Crippen LogP contribution in [0.5, 0.6) is 0 Å². The molecule has 3 rings (SSSR count). The number of rotatable bonds is 4. The van der Waals surface area contributed by atoms with E-state index in [-0.39, 0.29) is 10.1 Å². The van der Waals surface area contributed by atoms with E-state index in [4.69, 9.17) is 0 Å². The minimum Gasteiger partial charge on any atom is -0.480 e. The Morgan fingerprint density at radius 1 is 1.30 bits per heavy atom.